The lowest BCUT2D eigenvalue weighted by atomic mass is 10.1. The van der Waals surface area contributed by atoms with E-state index in [4.69, 9.17) is 4.98 Å². The van der Waals surface area contributed by atoms with E-state index in [0.29, 0.717) is 28.4 Å². The molecule has 8 heteroatoms. The number of nitrogens with zero attached hydrogens (tertiary/aromatic N) is 5. The van der Waals surface area contributed by atoms with Crippen LogP contribution in [-0.2, 0) is 0 Å². The molecule has 148 valence electrons. The second-order valence-corrected chi connectivity index (χ2v) is 7.08. The highest BCUT2D eigenvalue weighted by Crippen LogP contribution is 2.31. The molecule has 2 N–H and O–H groups in total. The van der Waals surface area contributed by atoms with Gasteiger partial charge in [-0.15, -0.1) is 0 Å². The van der Waals surface area contributed by atoms with Gasteiger partial charge in [-0.25, -0.2) is 14.4 Å². The Morgan fingerprint density at radius 2 is 1.61 bits per heavy atom. The van der Waals surface area contributed by atoms with E-state index in [9.17, 15) is 4.39 Å². The van der Waals surface area contributed by atoms with E-state index in [1.165, 1.54) is 12.1 Å². The molecule has 5 heterocycles. The molecule has 0 saturated carbocycles. The third-order valence-electron chi connectivity index (χ3n) is 5.17. The zero-order valence-electron chi connectivity index (χ0n) is 16.0. The van der Waals surface area contributed by atoms with Gasteiger partial charge >= 0.3 is 0 Å². The first-order chi connectivity index (χ1) is 15.3. The third-order valence-corrected chi connectivity index (χ3v) is 5.17. The van der Waals surface area contributed by atoms with Crippen LogP contribution in [-0.4, -0.2) is 35.1 Å². The molecule has 0 spiro atoms. The summed E-state index contributed by atoms with van der Waals surface area (Å²) in [5.41, 5.74) is 6.29. The average molecular weight is 407 g/mol. The zero-order valence-corrected chi connectivity index (χ0v) is 16.0. The SMILES string of the molecule is Fc1ccc(-c2nccc3[nH]c(-c4n[nH]c5ncc(-c6ccncc6)cc45)nc23)cc1. The van der Waals surface area contributed by atoms with Gasteiger partial charge in [-0.05, 0) is 54.1 Å². The Morgan fingerprint density at radius 3 is 2.45 bits per heavy atom. The monoisotopic (exact) mass is 407 g/mol. The number of hydrogen-bond donors (Lipinski definition) is 2. The van der Waals surface area contributed by atoms with Gasteiger partial charge in [0.05, 0.1) is 16.6 Å². The number of benzene rings is 1. The fraction of sp³-hybridized carbons (Fsp3) is 0. The number of rotatable bonds is 3. The standard InChI is InChI=1S/C23H14FN7/c24-16-3-1-14(2-4-16)19-21-18(7-10-26-19)28-23(29-21)20-17-11-15(12-27-22(17)31-30-20)13-5-8-25-9-6-13/h1-12H,(H,28,29)(H,27,30,31). The minimum atomic E-state index is -0.292. The number of aromatic amines is 2. The van der Waals surface area contributed by atoms with Gasteiger partial charge in [0.2, 0.25) is 0 Å². The zero-order chi connectivity index (χ0) is 20.8. The minimum absolute atomic E-state index is 0.292. The van der Waals surface area contributed by atoms with Crippen molar-refractivity contribution in [3.63, 3.8) is 0 Å². The highest BCUT2D eigenvalue weighted by molar-refractivity contribution is 5.96. The molecule has 31 heavy (non-hydrogen) atoms. The molecule has 0 radical (unpaired) electrons. The first kappa shape index (κ1) is 17.4. The summed E-state index contributed by atoms with van der Waals surface area (Å²) in [7, 11) is 0. The first-order valence-electron chi connectivity index (χ1n) is 9.62. The Hall–Kier alpha value is -4.46. The van der Waals surface area contributed by atoms with Crippen LogP contribution < -0.4 is 0 Å². The van der Waals surface area contributed by atoms with Gasteiger partial charge < -0.3 is 4.98 Å². The normalized spacial score (nSPS) is 11.4. The van der Waals surface area contributed by atoms with Crippen LogP contribution in [0.4, 0.5) is 4.39 Å². The predicted octanol–water partition coefficient (Wildman–Crippen LogP) is 4.76. The van der Waals surface area contributed by atoms with Crippen molar-refractivity contribution < 1.29 is 4.39 Å². The number of hydrogen-bond acceptors (Lipinski definition) is 5. The van der Waals surface area contributed by atoms with E-state index in [1.807, 2.05) is 24.3 Å². The summed E-state index contributed by atoms with van der Waals surface area (Å²) in [6, 6.07) is 14.0. The van der Waals surface area contributed by atoms with Gasteiger partial charge in [0, 0.05) is 35.9 Å². The van der Waals surface area contributed by atoms with Crippen LogP contribution in [0.3, 0.4) is 0 Å². The number of pyridine rings is 3. The number of H-pyrrole nitrogens is 2. The Balaban J connectivity index is 1.51. The van der Waals surface area contributed by atoms with E-state index >= 15 is 0 Å². The highest BCUT2D eigenvalue weighted by Gasteiger charge is 2.17. The first-order valence-corrected chi connectivity index (χ1v) is 9.62. The van der Waals surface area contributed by atoms with Crippen molar-refractivity contribution in [3.8, 4) is 33.9 Å². The maximum atomic E-state index is 13.3. The average Bonchev–Trinajstić information content (AvgIpc) is 3.43. The van der Waals surface area contributed by atoms with Crippen molar-refractivity contribution in [3.05, 3.63) is 79.1 Å². The van der Waals surface area contributed by atoms with Crippen LogP contribution in [0.25, 0.3) is 56.0 Å². The Kier molecular flexibility index (Phi) is 3.82. The van der Waals surface area contributed by atoms with Crippen molar-refractivity contribution in [1.29, 1.82) is 0 Å². The molecule has 6 rings (SSSR count). The Morgan fingerprint density at radius 1 is 0.774 bits per heavy atom. The van der Waals surface area contributed by atoms with Crippen LogP contribution in [0.5, 0.6) is 0 Å². The maximum absolute atomic E-state index is 13.3. The summed E-state index contributed by atoms with van der Waals surface area (Å²) in [5.74, 6) is 0.311. The molecule has 1 aromatic carbocycles. The fourth-order valence-corrected chi connectivity index (χ4v) is 3.65. The van der Waals surface area contributed by atoms with Gasteiger partial charge in [-0.3, -0.25) is 15.1 Å². The molecule has 0 aliphatic heterocycles. The fourth-order valence-electron chi connectivity index (χ4n) is 3.65. The van der Waals surface area contributed by atoms with Crippen molar-refractivity contribution in [2.45, 2.75) is 0 Å². The number of nitrogens with one attached hydrogen (secondary N) is 2. The third kappa shape index (κ3) is 2.93. The molecule has 0 saturated heterocycles. The topological polar surface area (TPSA) is 96.0 Å². The summed E-state index contributed by atoms with van der Waals surface area (Å²) in [4.78, 5) is 21.1. The Labute approximate surface area is 175 Å². The molecule has 7 nitrogen and oxygen atoms in total. The van der Waals surface area contributed by atoms with E-state index in [2.05, 4.69) is 30.1 Å². The van der Waals surface area contributed by atoms with Crippen molar-refractivity contribution in [2.75, 3.05) is 0 Å². The molecule has 0 aliphatic carbocycles. The van der Waals surface area contributed by atoms with Crippen LogP contribution in [0.2, 0.25) is 0 Å². The summed E-state index contributed by atoms with van der Waals surface area (Å²) in [6.07, 6.45) is 7.00. The molecule has 0 amide bonds. The van der Waals surface area contributed by atoms with Crippen LogP contribution in [0.15, 0.2) is 73.3 Å². The van der Waals surface area contributed by atoms with Gasteiger partial charge in [0.1, 0.15) is 17.0 Å². The highest BCUT2D eigenvalue weighted by atomic mass is 19.1. The second-order valence-electron chi connectivity index (χ2n) is 7.08. The predicted molar refractivity (Wildman–Crippen MR) is 115 cm³/mol. The van der Waals surface area contributed by atoms with Gasteiger partial charge in [-0.1, -0.05) is 0 Å². The smallest absolute Gasteiger partial charge is 0.159 e. The molecule has 5 aromatic heterocycles. The largest absolute Gasteiger partial charge is 0.336 e. The van der Waals surface area contributed by atoms with Gasteiger partial charge in [0.25, 0.3) is 0 Å². The number of aromatic nitrogens is 7. The molecule has 0 unspecified atom stereocenters. The molecule has 0 bridgehead atoms. The number of fused-ring (bicyclic) bond motifs is 2. The van der Waals surface area contributed by atoms with Crippen molar-refractivity contribution in [1.82, 2.24) is 35.1 Å². The van der Waals surface area contributed by atoms with Crippen LogP contribution >= 0.6 is 0 Å². The lowest BCUT2D eigenvalue weighted by molar-refractivity contribution is 0.628. The summed E-state index contributed by atoms with van der Waals surface area (Å²) in [5, 5.41) is 8.27. The molecule has 0 atom stereocenters. The summed E-state index contributed by atoms with van der Waals surface area (Å²) >= 11 is 0. The molecular formula is C23H14FN7. The number of imidazole rings is 1. The summed E-state index contributed by atoms with van der Waals surface area (Å²) in [6.45, 7) is 0. The van der Waals surface area contributed by atoms with E-state index in [-0.39, 0.29) is 5.82 Å². The molecule has 6 aromatic rings. The maximum Gasteiger partial charge on any atom is 0.159 e. The van der Waals surface area contributed by atoms with E-state index in [0.717, 1.165) is 27.6 Å². The minimum Gasteiger partial charge on any atom is -0.336 e. The lowest BCUT2D eigenvalue weighted by Gasteiger charge is -2.01. The van der Waals surface area contributed by atoms with Gasteiger partial charge in [-0.2, -0.15) is 5.10 Å². The number of halogens is 1. The summed E-state index contributed by atoms with van der Waals surface area (Å²) < 4.78 is 13.3. The van der Waals surface area contributed by atoms with E-state index in [1.54, 1.807) is 36.9 Å². The quantitative estimate of drug-likeness (QED) is 0.441. The van der Waals surface area contributed by atoms with Crippen molar-refractivity contribution in [2.24, 2.45) is 0 Å². The molecular weight excluding hydrogens is 393 g/mol. The lowest BCUT2D eigenvalue weighted by Crippen LogP contribution is -1.86. The molecule has 0 aliphatic rings. The molecule has 0 fully saturated rings. The second kappa shape index (κ2) is 6.81. The van der Waals surface area contributed by atoms with Crippen LogP contribution in [0, 0.1) is 5.82 Å². The Bertz CT molecular complexity index is 1540. The van der Waals surface area contributed by atoms with E-state index < -0.39 is 0 Å². The van der Waals surface area contributed by atoms with Gasteiger partial charge in [0.15, 0.2) is 11.5 Å². The van der Waals surface area contributed by atoms with Crippen molar-refractivity contribution >= 4 is 22.1 Å². The van der Waals surface area contributed by atoms with Crippen LogP contribution in [0.1, 0.15) is 0 Å².